The molecule has 1 rings (SSSR count). The van der Waals surface area contributed by atoms with Crippen molar-refractivity contribution in [1.29, 1.82) is 0 Å². The molecule has 0 atom stereocenters. The molecule has 0 unspecified atom stereocenters. The summed E-state index contributed by atoms with van der Waals surface area (Å²) < 4.78 is 5.49. The van der Waals surface area contributed by atoms with E-state index in [1.165, 1.54) is 0 Å². The summed E-state index contributed by atoms with van der Waals surface area (Å²) >= 11 is 3.14. The highest BCUT2D eigenvalue weighted by Gasteiger charge is 2.03. The number of ketones is 1. The van der Waals surface area contributed by atoms with E-state index in [2.05, 4.69) is 22.9 Å². The molecule has 0 aliphatic heterocycles. The van der Waals surface area contributed by atoms with Gasteiger partial charge in [-0.3, -0.25) is 4.79 Å². The van der Waals surface area contributed by atoms with Crippen molar-refractivity contribution in [2.75, 3.05) is 11.9 Å². The van der Waals surface area contributed by atoms with Gasteiger partial charge in [0.2, 0.25) is 0 Å². The third kappa shape index (κ3) is 4.04. The number of unbranched alkanes of at least 4 members (excludes halogenated alkanes) is 1. The maximum atomic E-state index is 11.3. The molecule has 0 fully saturated rings. The molecule has 3 heteroatoms. The summed E-state index contributed by atoms with van der Waals surface area (Å²) in [4.78, 5) is 11.3. The Morgan fingerprint density at radius 1 is 1.33 bits per heavy atom. The molecule has 1 aromatic carbocycles. The van der Waals surface area contributed by atoms with Crippen molar-refractivity contribution in [1.82, 2.24) is 0 Å². The van der Waals surface area contributed by atoms with E-state index in [-0.39, 0.29) is 5.78 Å². The highest BCUT2D eigenvalue weighted by molar-refractivity contribution is 9.09. The molecule has 82 valence electrons. The largest absolute Gasteiger partial charge is 0.494 e. The number of ether oxygens (including phenoxy) is 1. The van der Waals surface area contributed by atoms with Gasteiger partial charge in [-0.1, -0.05) is 29.3 Å². The van der Waals surface area contributed by atoms with Crippen molar-refractivity contribution >= 4 is 21.7 Å². The van der Waals surface area contributed by atoms with Crippen molar-refractivity contribution < 1.29 is 9.53 Å². The highest BCUT2D eigenvalue weighted by atomic mass is 79.9. The molecule has 0 aliphatic carbocycles. The van der Waals surface area contributed by atoms with Crippen LogP contribution in [-0.4, -0.2) is 17.7 Å². The zero-order chi connectivity index (χ0) is 11.1. The van der Waals surface area contributed by atoms with E-state index >= 15 is 0 Å². The second-order valence-electron chi connectivity index (χ2n) is 3.28. The van der Waals surface area contributed by atoms with E-state index < -0.39 is 0 Å². The second-order valence-corrected chi connectivity index (χ2v) is 3.84. The summed E-state index contributed by atoms with van der Waals surface area (Å²) in [6.07, 6.45) is 2.18. The molecule has 0 aromatic heterocycles. The molecule has 0 radical (unpaired) electrons. The van der Waals surface area contributed by atoms with Crippen LogP contribution in [0.5, 0.6) is 5.75 Å². The smallest absolute Gasteiger partial charge is 0.173 e. The van der Waals surface area contributed by atoms with Gasteiger partial charge >= 0.3 is 0 Å². The summed E-state index contributed by atoms with van der Waals surface area (Å²) in [5, 5.41) is 0.364. The van der Waals surface area contributed by atoms with Crippen molar-refractivity contribution in [3.05, 3.63) is 29.8 Å². The molecule has 0 saturated heterocycles. The van der Waals surface area contributed by atoms with Gasteiger partial charge in [0, 0.05) is 5.56 Å². The molecule has 0 spiro atoms. The van der Waals surface area contributed by atoms with Crippen LogP contribution in [0.4, 0.5) is 0 Å². The van der Waals surface area contributed by atoms with E-state index in [4.69, 9.17) is 4.74 Å². The molecular formula is C12H15BrO2. The molecule has 0 N–H and O–H groups in total. The van der Waals surface area contributed by atoms with Gasteiger partial charge in [0.05, 0.1) is 11.9 Å². The SMILES string of the molecule is CCCCOc1ccc(C(=O)CBr)cc1. The van der Waals surface area contributed by atoms with Gasteiger partial charge in [-0.2, -0.15) is 0 Å². The van der Waals surface area contributed by atoms with Gasteiger partial charge in [-0.25, -0.2) is 0 Å². The van der Waals surface area contributed by atoms with Crippen LogP contribution in [0, 0.1) is 0 Å². The van der Waals surface area contributed by atoms with Gasteiger partial charge in [0.25, 0.3) is 0 Å². The van der Waals surface area contributed by atoms with Crippen LogP contribution in [0.3, 0.4) is 0 Å². The zero-order valence-electron chi connectivity index (χ0n) is 8.83. The Labute approximate surface area is 98.8 Å². The lowest BCUT2D eigenvalue weighted by Crippen LogP contribution is -2.00. The lowest BCUT2D eigenvalue weighted by Gasteiger charge is -2.05. The van der Waals surface area contributed by atoms with Gasteiger partial charge in [-0.05, 0) is 30.7 Å². The predicted octanol–water partition coefficient (Wildman–Crippen LogP) is 3.44. The average molecular weight is 271 g/mol. The number of hydrogen-bond acceptors (Lipinski definition) is 2. The van der Waals surface area contributed by atoms with E-state index in [0.717, 1.165) is 30.8 Å². The summed E-state index contributed by atoms with van der Waals surface area (Å²) in [6.45, 7) is 2.86. The molecule has 2 nitrogen and oxygen atoms in total. The lowest BCUT2D eigenvalue weighted by molar-refractivity contribution is 0.102. The number of carbonyl (C=O) groups excluding carboxylic acids is 1. The highest BCUT2D eigenvalue weighted by Crippen LogP contribution is 2.13. The third-order valence-corrected chi connectivity index (χ3v) is 2.57. The Kier molecular flexibility index (Phi) is 5.40. The number of Topliss-reactive ketones (excluding diaryl/α,β-unsaturated/α-hetero) is 1. The van der Waals surface area contributed by atoms with Crippen LogP contribution in [0.15, 0.2) is 24.3 Å². The summed E-state index contributed by atoms with van der Waals surface area (Å²) in [5.74, 6) is 0.921. The lowest BCUT2D eigenvalue weighted by atomic mass is 10.1. The maximum Gasteiger partial charge on any atom is 0.173 e. The van der Waals surface area contributed by atoms with Crippen LogP contribution in [0.25, 0.3) is 0 Å². The van der Waals surface area contributed by atoms with E-state index in [1.807, 2.05) is 12.1 Å². The fourth-order valence-corrected chi connectivity index (χ4v) is 1.47. The number of rotatable bonds is 6. The topological polar surface area (TPSA) is 26.3 Å². The summed E-state index contributed by atoms with van der Waals surface area (Å²) in [5.41, 5.74) is 0.717. The Balaban J connectivity index is 2.52. The van der Waals surface area contributed by atoms with E-state index in [0.29, 0.717) is 5.33 Å². The monoisotopic (exact) mass is 270 g/mol. The fraction of sp³-hybridized carbons (Fsp3) is 0.417. The van der Waals surface area contributed by atoms with E-state index in [9.17, 15) is 4.79 Å². The molecule has 0 aliphatic rings. The standard InChI is InChI=1S/C12H15BrO2/c1-2-3-8-15-11-6-4-10(5-7-11)12(14)9-13/h4-7H,2-3,8-9H2,1H3. The minimum Gasteiger partial charge on any atom is -0.494 e. The Morgan fingerprint density at radius 2 is 2.00 bits per heavy atom. The van der Waals surface area contributed by atoms with E-state index in [1.54, 1.807) is 12.1 Å². The second kappa shape index (κ2) is 6.62. The van der Waals surface area contributed by atoms with Crippen molar-refractivity contribution in [2.24, 2.45) is 0 Å². The van der Waals surface area contributed by atoms with Crippen LogP contribution in [0.2, 0.25) is 0 Å². The van der Waals surface area contributed by atoms with Gasteiger partial charge in [0.1, 0.15) is 5.75 Å². The Morgan fingerprint density at radius 3 is 2.53 bits per heavy atom. The molecule has 0 bridgehead atoms. The third-order valence-electron chi connectivity index (χ3n) is 2.06. The molecule has 15 heavy (non-hydrogen) atoms. The molecule has 1 aromatic rings. The number of halogens is 1. The Bertz CT molecular complexity index is 306. The first-order chi connectivity index (χ1) is 7.27. The summed E-state index contributed by atoms with van der Waals surface area (Å²) in [6, 6.07) is 7.27. The predicted molar refractivity (Wildman–Crippen MR) is 65.0 cm³/mol. The average Bonchev–Trinajstić information content (AvgIpc) is 2.29. The van der Waals surface area contributed by atoms with Crippen LogP contribution < -0.4 is 4.74 Å². The molecule has 0 saturated carbocycles. The number of hydrogen-bond donors (Lipinski definition) is 0. The van der Waals surface area contributed by atoms with Gasteiger partial charge in [0.15, 0.2) is 5.78 Å². The molecule has 0 amide bonds. The molecule has 0 heterocycles. The van der Waals surface area contributed by atoms with Crippen molar-refractivity contribution in [3.8, 4) is 5.75 Å². The number of carbonyl (C=O) groups is 1. The quantitative estimate of drug-likeness (QED) is 0.450. The van der Waals surface area contributed by atoms with Crippen molar-refractivity contribution in [3.63, 3.8) is 0 Å². The zero-order valence-corrected chi connectivity index (χ0v) is 10.4. The fourth-order valence-electron chi connectivity index (χ4n) is 1.15. The first-order valence-corrected chi connectivity index (χ1v) is 6.22. The first kappa shape index (κ1) is 12.2. The number of benzene rings is 1. The molecular weight excluding hydrogens is 256 g/mol. The van der Waals surface area contributed by atoms with Crippen LogP contribution >= 0.6 is 15.9 Å². The summed E-state index contributed by atoms with van der Waals surface area (Å²) in [7, 11) is 0. The number of alkyl halides is 1. The van der Waals surface area contributed by atoms with Gasteiger partial charge < -0.3 is 4.74 Å². The van der Waals surface area contributed by atoms with Gasteiger partial charge in [-0.15, -0.1) is 0 Å². The van der Waals surface area contributed by atoms with Crippen LogP contribution in [0.1, 0.15) is 30.1 Å². The van der Waals surface area contributed by atoms with Crippen molar-refractivity contribution in [2.45, 2.75) is 19.8 Å². The minimum absolute atomic E-state index is 0.0927. The normalized spacial score (nSPS) is 10.0. The maximum absolute atomic E-state index is 11.3. The first-order valence-electron chi connectivity index (χ1n) is 5.10. The minimum atomic E-state index is 0.0927. The Hall–Kier alpha value is -0.830. The van der Waals surface area contributed by atoms with Crippen LogP contribution in [-0.2, 0) is 0 Å².